The molecule has 0 radical (unpaired) electrons. The molecule has 1 amide bonds. The highest BCUT2D eigenvalue weighted by Crippen LogP contribution is 2.21. The van der Waals surface area contributed by atoms with Gasteiger partial charge in [0.1, 0.15) is 5.82 Å². The van der Waals surface area contributed by atoms with Crippen LogP contribution < -0.4 is 5.32 Å². The molecule has 1 fully saturated rings. The Labute approximate surface area is 129 Å². The number of alkyl halides is 1. The predicted molar refractivity (Wildman–Crippen MR) is 84.4 cm³/mol. The van der Waals surface area contributed by atoms with Gasteiger partial charge in [-0.25, -0.2) is 4.98 Å². The Bertz CT molecular complexity index is 661. The monoisotopic (exact) mass is 305 g/mol. The average molecular weight is 306 g/mol. The van der Waals surface area contributed by atoms with Crippen molar-refractivity contribution < 1.29 is 4.79 Å². The largest absolute Gasteiger partial charge is 0.353 e. The van der Waals surface area contributed by atoms with Crippen molar-refractivity contribution in [3.05, 3.63) is 29.6 Å². The molecule has 1 heterocycles. The molecule has 112 valence electrons. The quantitative estimate of drug-likeness (QED) is 0.833. The maximum atomic E-state index is 11.7. The van der Waals surface area contributed by atoms with E-state index in [0.717, 1.165) is 42.7 Å². The Hall–Kier alpha value is -1.55. The Morgan fingerprint density at radius 3 is 3.00 bits per heavy atom. The Morgan fingerprint density at radius 1 is 1.48 bits per heavy atom. The van der Waals surface area contributed by atoms with E-state index < -0.39 is 0 Å². The van der Waals surface area contributed by atoms with E-state index in [4.69, 9.17) is 11.6 Å². The molecule has 1 aromatic heterocycles. The lowest BCUT2D eigenvalue weighted by molar-refractivity contribution is -0.121. The molecule has 0 atom stereocenters. The molecule has 1 aliphatic carbocycles. The summed E-state index contributed by atoms with van der Waals surface area (Å²) in [6.07, 6.45) is 3.63. The number of fused-ring (bicyclic) bond motifs is 1. The second kappa shape index (κ2) is 6.06. The number of halogens is 1. The Morgan fingerprint density at radius 2 is 2.29 bits per heavy atom. The Kier molecular flexibility index (Phi) is 4.15. The molecule has 1 aromatic carbocycles. The summed E-state index contributed by atoms with van der Waals surface area (Å²) in [5.74, 6) is 1.42. The molecule has 0 spiro atoms. The molecule has 5 heteroatoms. The summed E-state index contributed by atoms with van der Waals surface area (Å²) in [6, 6.07) is 6.65. The minimum Gasteiger partial charge on any atom is -0.353 e. The number of carbonyl (C=O) groups excluding carboxylic acids is 1. The zero-order chi connectivity index (χ0) is 14.8. The third kappa shape index (κ3) is 3.38. The average Bonchev–Trinajstić information content (AvgIpc) is 3.20. The summed E-state index contributed by atoms with van der Waals surface area (Å²) in [6.45, 7) is 2.85. The molecule has 1 N–H and O–H groups in total. The van der Waals surface area contributed by atoms with E-state index in [1.54, 1.807) is 0 Å². The van der Waals surface area contributed by atoms with Crippen LogP contribution in [0.25, 0.3) is 11.0 Å². The maximum absolute atomic E-state index is 11.7. The number of imidazole rings is 1. The number of hydrogen-bond acceptors (Lipinski definition) is 2. The summed E-state index contributed by atoms with van der Waals surface area (Å²) >= 11 is 6.00. The standard InChI is InChI=1S/C16H20ClN3O/c1-11-4-7-13-14(9-11)20(15(10-17)19-13)8-2-3-16(21)18-12-5-6-12/h4,7,9,12H,2-3,5-6,8,10H2,1H3,(H,18,21). The van der Waals surface area contributed by atoms with Crippen LogP contribution in [0.3, 0.4) is 0 Å². The van der Waals surface area contributed by atoms with E-state index >= 15 is 0 Å². The van der Waals surface area contributed by atoms with Crippen molar-refractivity contribution in [3.8, 4) is 0 Å². The fourth-order valence-corrected chi connectivity index (χ4v) is 2.76. The maximum Gasteiger partial charge on any atom is 0.220 e. The van der Waals surface area contributed by atoms with E-state index in [0.29, 0.717) is 18.3 Å². The van der Waals surface area contributed by atoms with E-state index in [1.165, 1.54) is 5.56 Å². The summed E-state index contributed by atoms with van der Waals surface area (Å²) in [5.41, 5.74) is 3.28. The van der Waals surface area contributed by atoms with Gasteiger partial charge in [0.15, 0.2) is 0 Å². The van der Waals surface area contributed by atoms with Crippen LogP contribution in [0.2, 0.25) is 0 Å². The molecule has 1 aliphatic rings. The van der Waals surface area contributed by atoms with Crippen molar-refractivity contribution >= 4 is 28.5 Å². The van der Waals surface area contributed by atoms with E-state index in [2.05, 4.69) is 33.9 Å². The van der Waals surface area contributed by atoms with Gasteiger partial charge in [-0.05, 0) is 43.9 Å². The Balaban J connectivity index is 1.69. The van der Waals surface area contributed by atoms with Crippen LogP contribution in [-0.2, 0) is 17.2 Å². The SMILES string of the molecule is Cc1ccc2nc(CCl)n(CCCC(=O)NC3CC3)c2c1. The lowest BCUT2D eigenvalue weighted by Gasteiger charge is -2.08. The van der Waals surface area contributed by atoms with Crippen LogP contribution in [0.1, 0.15) is 37.1 Å². The van der Waals surface area contributed by atoms with Crippen LogP contribution >= 0.6 is 11.6 Å². The number of rotatable bonds is 6. The number of amides is 1. The zero-order valence-corrected chi connectivity index (χ0v) is 13.0. The lowest BCUT2D eigenvalue weighted by atomic mass is 10.2. The molecule has 21 heavy (non-hydrogen) atoms. The van der Waals surface area contributed by atoms with Crippen molar-refractivity contribution in [1.82, 2.24) is 14.9 Å². The van der Waals surface area contributed by atoms with Crippen molar-refractivity contribution in [2.24, 2.45) is 0 Å². The van der Waals surface area contributed by atoms with Gasteiger partial charge in [0.25, 0.3) is 0 Å². The van der Waals surface area contributed by atoms with Gasteiger partial charge in [-0.15, -0.1) is 11.6 Å². The summed E-state index contributed by atoms with van der Waals surface area (Å²) in [5, 5.41) is 3.02. The summed E-state index contributed by atoms with van der Waals surface area (Å²) < 4.78 is 2.14. The molecule has 0 aliphatic heterocycles. The number of hydrogen-bond donors (Lipinski definition) is 1. The highest BCUT2D eigenvalue weighted by molar-refractivity contribution is 6.16. The molecule has 4 nitrogen and oxygen atoms in total. The number of aryl methyl sites for hydroxylation is 2. The molecule has 1 saturated carbocycles. The fourth-order valence-electron chi connectivity index (χ4n) is 2.56. The van der Waals surface area contributed by atoms with Crippen LogP contribution in [0.5, 0.6) is 0 Å². The molecular formula is C16H20ClN3O. The topological polar surface area (TPSA) is 46.9 Å². The first kappa shape index (κ1) is 14.4. The molecule has 0 unspecified atom stereocenters. The van der Waals surface area contributed by atoms with Gasteiger partial charge in [-0.2, -0.15) is 0 Å². The van der Waals surface area contributed by atoms with Gasteiger partial charge < -0.3 is 9.88 Å². The van der Waals surface area contributed by atoms with Gasteiger partial charge in [-0.1, -0.05) is 6.07 Å². The highest BCUT2D eigenvalue weighted by Gasteiger charge is 2.22. The fraction of sp³-hybridized carbons (Fsp3) is 0.500. The predicted octanol–water partition coefficient (Wildman–Crippen LogP) is 3.14. The third-order valence-electron chi connectivity index (χ3n) is 3.83. The molecule has 0 bridgehead atoms. The third-order valence-corrected chi connectivity index (χ3v) is 4.07. The molecule has 3 rings (SSSR count). The number of benzene rings is 1. The van der Waals surface area contributed by atoms with Crippen LogP contribution in [-0.4, -0.2) is 21.5 Å². The first-order valence-corrected chi connectivity index (χ1v) is 8.02. The smallest absolute Gasteiger partial charge is 0.220 e. The van der Waals surface area contributed by atoms with Gasteiger partial charge >= 0.3 is 0 Å². The normalized spacial score (nSPS) is 14.6. The van der Waals surface area contributed by atoms with Gasteiger partial charge in [-0.3, -0.25) is 4.79 Å². The highest BCUT2D eigenvalue weighted by atomic mass is 35.5. The van der Waals surface area contributed by atoms with E-state index in [-0.39, 0.29) is 5.91 Å². The zero-order valence-electron chi connectivity index (χ0n) is 12.2. The van der Waals surface area contributed by atoms with Crippen molar-refractivity contribution in [1.29, 1.82) is 0 Å². The van der Waals surface area contributed by atoms with Crippen molar-refractivity contribution in [2.45, 2.75) is 51.1 Å². The van der Waals surface area contributed by atoms with Crippen LogP contribution in [0.15, 0.2) is 18.2 Å². The number of nitrogens with zero attached hydrogens (tertiary/aromatic N) is 2. The number of aromatic nitrogens is 2. The van der Waals surface area contributed by atoms with E-state index in [1.807, 2.05) is 6.07 Å². The van der Waals surface area contributed by atoms with Crippen LogP contribution in [0, 0.1) is 6.92 Å². The van der Waals surface area contributed by atoms with E-state index in [9.17, 15) is 4.79 Å². The first-order valence-electron chi connectivity index (χ1n) is 7.48. The van der Waals surface area contributed by atoms with Crippen molar-refractivity contribution in [2.75, 3.05) is 0 Å². The minimum absolute atomic E-state index is 0.158. The lowest BCUT2D eigenvalue weighted by Crippen LogP contribution is -2.25. The van der Waals surface area contributed by atoms with Gasteiger partial charge in [0, 0.05) is 19.0 Å². The second-order valence-electron chi connectivity index (χ2n) is 5.75. The summed E-state index contributed by atoms with van der Waals surface area (Å²) in [4.78, 5) is 16.3. The van der Waals surface area contributed by atoms with Gasteiger partial charge in [0.05, 0.1) is 16.9 Å². The summed E-state index contributed by atoms with van der Waals surface area (Å²) in [7, 11) is 0. The molecule has 0 saturated heterocycles. The second-order valence-corrected chi connectivity index (χ2v) is 6.02. The van der Waals surface area contributed by atoms with Gasteiger partial charge in [0.2, 0.25) is 5.91 Å². The first-order chi connectivity index (χ1) is 10.2. The number of carbonyl (C=O) groups is 1. The molecular weight excluding hydrogens is 286 g/mol. The number of nitrogens with one attached hydrogen (secondary N) is 1. The molecule has 2 aromatic rings. The van der Waals surface area contributed by atoms with Crippen molar-refractivity contribution in [3.63, 3.8) is 0 Å². The minimum atomic E-state index is 0.158. The van der Waals surface area contributed by atoms with Crippen LogP contribution in [0.4, 0.5) is 0 Å².